The molecule has 0 bridgehead atoms. The maximum Gasteiger partial charge on any atom is 0.134 e. The Balaban J connectivity index is 2.18. The molecule has 0 spiro atoms. The van der Waals surface area contributed by atoms with E-state index in [1.807, 2.05) is 31.2 Å². The monoisotopic (exact) mass is 287 g/mol. The Labute approximate surface area is 121 Å². The molecule has 1 unspecified atom stereocenters. The summed E-state index contributed by atoms with van der Waals surface area (Å²) in [5.74, 6) is -0.529. The minimum absolute atomic E-state index is 0.262. The second kappa shape index (κ2) is 5.30. The third kappa shape index (κ3) is 2.32. The molecule has 0 fully saturated rings. The van der Waals surface area contributed by atoms with Gasteiger partial charge in [-0.2, -0.15) is 0 Å². The summed E-state index contributed by atoms with van der Waals surface area (Å²) in [5, 5.41) is 0.866. The van der Waals surface area contributed by atoms with Gasteiger partial charge in [0.25, 0.3) is 0 Å². The van der Waals surface area contributed by atoms with Crippen molar-refractivity contribution >= 4 is 11.0 Å². The van der Waals surface area contributed by atoms with E-state index in [4.69, 9.17) is 10.2 Å². The van der Waals surface area contributed by atoms with E-state index in [9.17, 15) is 8.78 Å². The van der Waals surface area contributed by atoms with Gasteiger partial charge in [0.1, 0.15) is 23.0 Å². The quantitative estimate of drug-likeness (QED) is 0.779. The molecule has 108 valence electrons. The average Bonchev–Trinajstić information content (AvgIpc) is 2.85. The number of para-hydroxylation sites is 1. The zero-order valence-electron chi connectivity index (χ0n) is 11.6. The number of hydrogen-bond acceptors (Lipinski definition) is 2. The summed E-state index contributed by atoms with van der Waals surface area (Å²) in [4.78, 5) is 0. The lowest BCUT2D eigenvalue weighted by Gasteiger charge is -2.13. The van der Waals surface area contributed by atoms with Crippen molar-refractivity contribution in [2.24, 2.45) is 5.73 Å². The van der Waals surface area contributed by atoms with Gasteiger partial charge in [-0.15, -0.1) is 0 Å². The van der Waals surface area contributed by atoms with Crippen molar-refractivity contribution in [2.75, 3.05) is 0 Å². The zero-order valence-corrected chi connectivity index (χ0v) is 11.6. The van der Waals surface area contributed by atoms with E-state index in [1.54, 1.807) is 0 Å². The molecule has 21 heavy (non-hydrogen) atoms. The number of halogens is 2. The molecule has 1 aromatic heterocycles. The van der Waals surface area contributed by atoms with Crippen LogP contribution < -0.4 is 5.73 Å². The SMILES string of the molecule is CCc1oc2ccccc2c1C(N)c1ccc(F)cc1F. The molecule has 0 aliphatic heterocycles. The number of hydrogen-bond donors (Lipinski definition) is 1. The number of benzene rings is 2. The molecule has 0 aliphatic rings. The Kier molecular flexibility index (Phi) is 3.47. The highest BCUT2D eigenvalue weighted by Crippen LogP contribution is 2.34. The number of rotatable bonds is 3. The molecule has 3 aromatic rings. The fraction of sp³-hybridized carbons (Fsp3) is 0.176. The summed E-state index contributed by atoms with van der Waals surface area (Å²) in [7, 11) is 0. The summed E-state index contributed by atoms with van der Waals surface area (Å²) >= 11 is 0. The molecule has 0 radical (unpaired) electrons. The summed E-state index contributed by atoms with van der Waals surface area (Å²) in [6.07, 6.45) is 0.653. The first-order valence-corrected chi connectivity index (χ1v) is 6.82. The van der Waals surface area contributed by atoms with Crippen LogP contribution in [0.5, 0.6) is 0 Å². The smallest absolute Gasteiger partial charge is 0.134 e. The van der Waals surface area contributed by atoms with Crippen molar-refractivity contribution in [3.05, 3.63) is 71.0 Å². The Hall–Kier alpha value is -2.20. The second-order valence-electron chi connectivity index (χ2n) is 4.93. The Morgan fingerprint density at radius 1 is 1.14 bits per heavy atom. The van der Waals surface area contributed by atoms with Gasteiger partial charge in [0.15, 0.2) is 0 Å². The third-order valence-electron chi connectivity index (χ3n) is 3.64. The highest BCUT2D eigenvalue weighted by molar-refractivity contribution is 5.83. The van der Waals surface area contributed by atoms with Gasteiger partial charge < -0.3 is 10.2 Å². The highest BCUT2D eigenvalue weighted by atomic mass is 19.1. The fourth-order valence-electron chi connectivity index (χ4n) is 2.63. The predicted octanol–water partition coefficient (Wildman–Crippen LogP) is 4.32. The second-order valence-corrected chi connectivity index (χ2v) is 4.93. The number of fused-ring (bicyclic) bond motifs is 1. The van der Waals surface area contributed by atoms with Gasteiger partial charge in [0.05, 0.1) is 6.04 Å². The van der Waals surface area contributed by atoms with Gasteiger partial charge in [-0.05, 0) is 12.1 Å². The van der Waals surface area contributed by atoms with Gasteiger partial charge in [0.2, 0.25) is 0 Å². The van der Waals surface area contributed by atoms with Gasteiger partial charge in [-0.1, -0.05) is 31.2 Å². The molecule has 2 nitrogen and oxygen atoms in total. The molecule has 3 rings (SSSR count). The molecular formula is C17H15F2NO. The van der Waals surface area contributed by atoms with E-state index in [1.165, 1.54) is 12.1 Å². The van der Waals surface area contributed by atoms with Crippen LogP contribution in [0.25, 0.3) is 11.0 Å². The minimum Gasteiger partial charge on any atom is -0.461 e. The van der Waals surface area contributed by atoms with E-state index in [0.29, 0.717) is 6.42 Å². The Morgan fingerprint density at radius 3 is 2.62 bits per heavy atom. The molecule has 2 aromatic carbocycles. The summed E-state index contributed by atoms with van der Waals surface area (Å²) < 4.78 is 32.8. The van der Waals surface area contributed by atoms with Crippen LogP contribution in [-0.2, 0) is 6.42 Å². The Bertz CT molecular complexity index is 795. The first kappa shape index (κ1) is 13.8. The van der Waals surface area contributed by atoms with Crippen molar-refractivity contribution in [1.82, 2.24) is 0 Å². The molecule has 0 aliphatic carbocycles. The van der Waals surface area contributed by atoms with E-state index in [2.05, 4.69) is 0 Å². The van der Waals surface area contributed by atoms with Gasteiger partial charge >= 0.3 is 0 Å². The zero-order chi connectivity index (χ0) is 15.0. The first-order chi connectivity index (χ1) is 10.1. The lowest BCUT2D eigenvalue weighted by molar-refractivity contribution is 0.540. The first-order valence-electron chi connectivity index (χ1n) is 6.82. The maximum absolute atomic E-state index is 14.0. The summed E-state index contributed by atoms with van der Waals surface area (Å²) in [6, 6.07) is 10.3. The largest absolute Gasteiger partial charge is 0.461 e. The standard InChI is InChI=1S/C17H15F2NO/c1-2-14-16(12-5-3-4-6-15(12)21-14)17(20)11-8-7-10(18)9-13(11)19/h3-9,17H,2,20H2,1H3. The third-order valence-corrected chi connectivity index (χ3v) is 3.64. The van der Waals surface area contributed by atoms with E-state index < -0.39 is 17.7 Å². The highest BCUT2D eigenvalue weighted by Gasteiger charge is 2.22. The van der Waals surface area contributed by atoms with Crippen molar-refractivity contribution < 1.29 is 13.2 Å². The van der Waals surface area contributed by atoms with Crippen LogP contribution in [0.3, 0.4) is 0 Å². The lowest BCUT2D eigenvalue weighted by Crippen LogP contribution is -2.15. The van der Waals surface area contributed by atoms with Gasteiger partial charge in [-0.25, -0.2) is 8.78 Å². The molecule has 0 amide bonds. The molecule has 4 heteroatoms. The van der Waals surface area contributed by atoms with Crippen LogP contribution in [0.4, 0.5) is 8.78 Å². The van der Waals surface area contributed by atoms with Crippen LogP contribution >= 0.6 is 0 Å². The topological polar surface area (TPSA) is 39.2 Å². The predicted molar refractivity (Wildman–Crippen MR) is 78.0 cm³/mol. The normalized spacial score (nSPS) is 12.8. The molecule has 2 N–H and O–H groups in total. The van der Waals surface area contributed by atoms with Crippen LogP contribution in [0.15, 0.2) is 46.9 Å². The molecule has 0 saturated heterocycles. The van der Waals surface area contributed by atoms with Crippen LogP contribution in [0.2, 0.25) is 0 Å². The van der Waals surface area contributed by atoms with Crippen molar-refractivity contribution in [2.45, 2.75) is 19.4 Å². The number of furan rings is 1. The lowest BCUT2D eigenvalue weighted by atomic mass is 9.95. The van der Waals surface area contributed by atoms with Gasteiger partial charge in [0, 0.05) is 29.0 Å². The number of nitrogens with two attached hydrogens (primary N) is 1. The van der Waals surface area contributed by atoms with Crippen LogP contribution in [0.1, 0.15) is 29.9 Å². The van der Waals surface area contributed by atoms with Gasteiger partial charge in [-0.3, -0.25) is 0 Å². The fourth-order valence-corrected chi connectivity index (χ4v) is 2.63. The molecule has 1 heterocycles. The maximum atomic E-state index is 14.0. The molecular weight excluding hydrogens is 272 g/mol. The van der Waals surface area contributed by atoms with E-state index in [-0.39, 0.29) is 5.56 Å². The number of aryl methyl sites for hydroxylation is 1. The van der Waals surface area contributed by atoms with Crippen molar-refractivity contribution in [3.63, 3.8) is 0 Å². The minimum atomic E-state index is -0.691. The van der Waals surface area contributed by atoms with Crippen molar-refractivity contribution in [3.8, 4) is 0 Å². The molecule has 0 saturated carbocycles. The van der Waals surface area contributed by atoms with E-state index in [0.717, 1.165) is 28.4 Å². The van der Waals surface area contributed by atoms with Crippen LogP contribution in [0, 0.1) is 11.6 Å². The van der Waals surface area contributed by atoms with Crippen molar-refractivity contribution in [1.29, 1.82) is 0 Å². The van der Waals surface area contributed by atoms with E-state index >= 15 is 0 Å². The molecule has 1 atom stereocenters. The van der Waals surface area contributed by atoms with Crippen LogP contribution in [-0.4, -0.2) is 0 Å². The Morgan fingerprint density at radius 2 is 1.90 bits per heavy atom. The average molecular weight is 287 g/mol. The summed E-state index contributed by atoms with van der Waals surface area (Å²) in [5.41, 5.74) is 7.98. The summed E-state index contributed by atoms with van der Waals surface area (Å²) in [6.45, 7) is 1.95.